The minimum atomic E-state index is -0.288. The van der Waals surface area contributed by atoms with Crippen LogP contribution in [0, 0.1) is 10.5 Å². The molecule has 0 aliphatic rings. The first-order valence-electron chi connectivity index (χ1n) is 9.69. The molecule has 1 heterocycles. The molecule has 0 saturated heterocycles. The van der Waals surface area contributed by atoms with Gasteiger partial charge in [0, 0.05) is 16.9 Å². The molecule has 1 aromatic heterocycles. The number of phenols is 1. The highest BCUT2D eigenvalue weighted by Crippen LogP contribution is 2.26. The monoisotopic (exact) mass is 521 g/mol. The molecule has 1 amide bonds. The Balaban J connectivity index is 1.50. The number of aromatic nitrogens is 1. The quantitative estimate of drug-likeness (QED) is 0.206. The van der Waals surface area contributed by atoms with Gasteiger partial charge in [-0.05, 0) is 95.2 Å². The average Bonchev–Trinajstić information content (AvgIpc) is 3.18. The molecule has 0 unspecified atom stereocenters. The smallest absolute Gasteiger partial charge is 0.271 e. The molecule has 0 spiro atoms. The molecule has 0 radical (unpaired) electrons. The van der Waals surface area contributed by atoms with Gasteiger partial charge in [0.1, 0.15) is 5.75 Å². The van der Waals surface area contributed by atoms with E-state index in [0.717, 1.165) is 31.8 Å². The molecule has 31 heavy (non-hydrogen) atoms. The summed E-state index contributed by atoms with van der Waals surface area (Å²) in [5.41, 5.74) is 8.19. The second-order valence-electron chi connectivity index (χ2n) is 7.02. The first kappa shape index (κ1) is 20.9. The number of halogens is 1. The molecule has 0 aliphatic carbocycles. The van der Waals surface area contributed by atoms with Crippen molar-refractivity contribution in [2.75, 3.05) is 0 Å². The normalized spacial score (nSPS) is 11.0. The van der Waals surface area contributed by atoms with Crippen LogP contribution in [0.3, 0.4) is 0 Å². The van der Waals surface area contributed by atoms with E-state index in [1.807, 2.05) is 52.9 Å². The number of phenolic OH excluding ortho intramolecular Hbond substituents is 1. The molecular formula is C25H20IN3O2. The van der Waals surface area contributed by atoms with Crippen molar-refractivity contribution < 1.29 is 9.90 Å². The zero-order chi connectivity index (χ0) is 21.8. The van der Waals surface area contributed by atoms with E-state index in [4.69, 9.17) is 0 Å². The fourth-order valence-electron chi connectivity index (χ4n) is 3.31. The Kier molecular flexibility index (Phi) is 6.18. The number of benzene rings is 3. The summed E-state index contributed by atoms with van der Waals surface area (Å²) in [5.74, 6) is -0.0704. The minimum Gasteiger partial charge on any atom is -0.507 e. The van der Waals surface area contributed by atoms with Gasteiger partial charge in [-0.25, -0.2) is 5.43 Å². The highest BCUT2D eigenvalue weighted by atomic mass is 127. The van der Waals surface area contributed by atoms with Crippen molar-refractivity contribution in [3.05, 3.63) is 105 Å². The summed E-state index contributed by atoms with van der Waals surface area (Å²) in [6.07, 6.45) is 1.54. The third kappa shape index (κ3) is 4.69. The number of nitrogens with one attached hydrogen (secondary N) is 1. The van der Waals surface area contributed by atoms with E-state index in [0.29, 0.717) is 5.56 Å². The lowest BCUT2D eigenvalue weighted by molar-refractivity contribution is 0.0955. The predicted octanol–water partition coefficient (Wildman–Crippen LogP) is 5.53. The topological polar surface area (TPSA) is 66.6 Å². The zero-order valence-corrected chi connectivity index (χ0v) is 18.9. The molecule has 3 aromatic carbocycles. The maximum absolute atomic E-state index is 12.4. The number of nitrogens with zero attached hydrogens (tertiary/aromatic N) is 2. The molecule has 0 aliphatic heterocycles. The summed E-state index contributed by atoms with van der Waals surface area (Å²) in [4.78, 5) is 12.4. The second kappa shape index (κ2) is 9.18. The first-order chi connectivity index (χ1) is 15.0. The van der Waals surface area contributed by atoms with Crippen LogP contribution >= 0.6 is 22.6 Å². The standard InChI is InChI=1S/C25H20IN3O2/c1-17-7-13-23(19-5-3-2-4-6-19)29(17)21-11-9-20(10-12-21)25(31)28-27-16-18-8-14-24(30)22(26)15-18/h2-16,30H,1H3,(H,28,31)/b27-16+. The Morgan fingerprint density at radius 2 is 1.74 bits per heavy atom. The second-order valence-corrected chi connectivity index (χ2v) is 8.18. The van der Waals surface area contributed by atoms with Crippen LogP contribution in [0.15, 0.2) is 90.0 Å². The van der Waals surface area contributed by atoms with E-state index in [9.17, 15) is 9.90 Å². The number of rotatable bonds is 5. The van der Waals surface area contributed by atoms with Crippen molar-refractivity contribution in [2.45, 2.75) is 6.92 Å². The summed E-state index contributed by atoms with van der Waals surface area (Å²) in [7, 11) is 0. The van der Waals surface area contributed by atoms with E-state index in [1.54, 1.807) is 36.5 Å². The van der Waals surface area contributed by atoms with Crippen molar-refractivity contribution >= 4 is 34.7 Å². The van der Waals surface area contributed by atoms with Gasteiger partial charge in [-0.3, -0.25) is 4.79 Å². The molecule has 0 bridgehead atoms. The number of amides is 1. The van der Waals surface area contributed by atoms with Gasteiger partial charge >= 0.3 is 0 Å². The average molecular weight is 521 g/mol. The van der Waals surface area contributed by atoms with E-state index >= 15 is 0 Å². The molecule has 4 aromatic rings. The van der Waals surface area contributed by atoms with E-state index in [2.05, 4.69) is 46.3 Å². The number of hydrogen-bond acceptors (Lipinski definition) is 3. The molecule has 5 nitrogen and oxygen atoms in total. The Morgan fingerprint density at radius 1 is 1.00 bits per heavy atom. The highest BCUT2D eigenvalue weighted by molar-refractivity contribution is 14.1. The highest BCUT2D eigenvalue weighted by Gasteiger charge is 2.10. The van der Waals surface area contributed by atoms with Crippen molar-refractivity contribution in [3.8, 4) is 22.7 Å². The summed E-state index contributed by atoms with van der Waals surface area (Å²) in [5, 5.41) is 13.6. The molecule has 6 heteroatoms. The van der Waals surface area contributed by atoms with Gasteiger partial charge in [-0.2, -0.15) is 5.10 Å². The van der Waals surface area contributed by atoms with E-state index in [1.165, 1.54) is 0 Å². The fourth-order valence-corrected chi connectivity index (χ4v) is 3.85. The number of carbonyl (C=O) groups is 1. The van der Waals surface area contributed by atoms with E-state index in [-0.39, 0.29) is 11.7 Å². The lowest BCUT2D eigenvalue weighted by Gasteiger charge is -2.12. The van der Waals surface area contributed by atoms with Crippen molar-refractivity contribution in [3.63, 3.8) is 0 Å². The Bertz CT molecular complexity index is 1250. The van der Waals surface area contributed by atoms with Gasteiger partial charge in [0.2, 0.25) is 0 Å². The van der Waals surface area contributed by atoms with Crippen molar-refractivity contribution in [2.24, 2.45) is 5.10 Å². The van der Waals surface area contributed by atoms with Gasteiger partial charge in [-0.1, -0.05) is 30.3 Å². The summed E-state index contributed by atoms with van der Waals surface area (Å²) in [6, 6.07) is 26.9. The summed E-state index contributed by atoms with van der Waals surface area (Å²) < 4.78 is 2.89. The zero-order valence-electron chi connectivity index (χ0n) is 16.8. The molecule has 4 rings (SSSR count). The third-order valence-corrected chi connectivity index (χ3v) is 5.75. The lowest BCUT2D eigenvalue weighted by Crippen LogP contribution is -2.17. The van der Waals surface area contributed by atoms with Crippen LogP contribution in [0.2, 0.25) is 0 Å². The van der Waals surface area contributed by atoms with Gasteiger partial charge in [-0.15, -0.1) is 0 Å². The van der Waals surface area contributed by atoms with Crippen LogP contribution in [0.25, 0.3) is 16.9 Å². The van der Waals surface area contributed by atoms with Crippen LogP contribution in [0.1, 0.15) is 21.6 Å². The Labute approximate surface area is 194 Å². The van der Waals surface area contributed by atoms with Crippen LogP contribution < -0.4 is 5.43 Å². The van der Waals surface area contributed by atoms with Gasteiger partial charge in [0.15, 0.2) is 0 Å². The largest absolute Gasteiger partial charge is 0.507 e. The molecule has 0 saturated carbocycles. The maximum Gasteiger partial charge on any atom is 0.271 e. The molecule has 0 fully saturated rings. The maximum atomic E-state index is 12.4. The first-order valence-corrected chi connectivity index (χ1v) is 10.8. The Morgan fingerprint density at radius 3 is 2.45 bits per heavy atom. The third-order valence-electron chi connectivity index (χ3n) is 4.88. The lowest BCUT2D eigenvalue weighted by atomic mass is 10.1. The number of hydrogen-bond donors (Lipinski definition) is 2. The molecule has 0 atom stereocenters. The van der Waals surface area contributed by atoms with Crippen LogP contribution in [0.4, 0.5) is 0 Å². The van der Waals surface area contributed by atoms with Crippen molar-refractivity contribution in [1.29, 1.82) is 0 Å². The number of aryl methyl sites for hydroxylation is 1. The van der Waals surface area contributed by atoms with Gasteiger partial charge in [0.05, 0.1) is 15.5 Å². The minimum absolute atomic E-state index is 0.218. The number of aromatic hydroxyl groups is 1. The summed E-state index contributed by atoms with van der Waals surface area (Å²) in [6.45, 7) is 2.06. The molecule has 154 valence electrons. The van der Waals surface area contributed by atoms with Crippen LogP contribution in [-0.4, -0.2) is 21.8 Å². The molecule has 2 N–H and O–H groups in total. The van der Waals surface area contributed by atoms with Crippen LogP contribution in [0.5, 0.6) is 5.75 Å². The molecular weight excluding hydrogens is 501 g/mol. The Hall–Kier alpha value is -3.39. The van der Waals surface area contributed by atoms with Gasteiger partial charge in [0.25, 0.3) is 5.91 Å². The number of hydrazone groups is 1. The van der Waals surface area contributed by atoms with Gasteiger partial charge < -0.3 is 9.67 Å². The summed E-state index contributed by atoms with van der Waals surface area (Å²) >= 11 is 2.04. The number of carbonyl (C=O) groups excluding carboxylic acids is 1. The van der Waals surface area contributed by atoms with E-state index < -0.39 is 0 Å². The fraction of sp³-hybridized carbons (Fsp3) is 0.0400. The predicted molar refractivity (Wildman–Crippen MR) is 132 cm³/mol. The SMILES string of the molecule is Cc1ccc(-c2ccccc2)n1-c1ccc(C(=O)N/N=C/c2ccc(O)c(I)c2)cc1. The van der Waals surface area contributed by atoms with Crippen molar-refractivity contribution in [1.82, 2.24) is 9.99 Å². The van der Waals surface area contributed by atoms with Crippen LogP contribution in [-0.2, 0) is 0 Å².